The van der Waals surface area contributed by atoms with Crippen LogP contribution in [0.1, 0.15) is 12.8 Å². The maximum atomic E-state index is 11.0. The number of primary amides is 1. The average Bonchev–Trinajstić information content (AvgIpc) is 2.70. The first kappa shape index (κ1) is 27.5. The minimum Gasteiger partial charge on any atom is -0.401 e. The van der Waals surface area contributed by atoms with Crippen LogP contribution in [-0.4, -0.2) is 96.3 Å². The van der Waals surface area contributed by atoms with Crippen LogP contribution in [-0.2, 0) is 14.3 Å². The van der Waals surface area contributed by atoms with Gasteiger partial charge in [0.25, 0.3) is 0 Å². The standard InChI is InChI=1S/C17H37N5O7/c18-14(1-2-16(19)17(20)27)3-22(21)15(10-28-8-12(4-23)5-24)11-29-9-13(6-25)7-26/h3,12-13,15-16,23-26H,1-2,4-11,18-19,21H2,(H2,20,27)/b14-3-. The predicted molar refractivity (Wildman–Crippen MR) is 105 cm³/mol. The third-order valence-corrected chi connectivity index (χ3v) is 4.21. The van der Waals surface area contributed by atoms with Crippen LogP contribution >= 0.6 is 0 Å². The molecule has 12 N–H and O–H groups in total. The first-order valence-electron chi connectivity index (χ1n) is 9.41. The number of hydrogen-bond donors (Lipinski definition) is 8. The number of carbonyl (C=O) groups excluding carboxylic acids is 1. The zero-order valence-electron chi connectivity index (χ0n) is 16.7. The van der Waals surface area contributed by atoms with Gasteiger partial charge in [0.05, 0.1) is 64.9 Å². The number of amides is 1. The summed E-state index contributed by atoms with van der Waals surface area (Å²) in [5.74, 6) is 4.61. The molecule has 0 aliphatic heterocycles. The molecule has 0 spiro atoms. The maximum absolute atomic E-state index is 11.0. The van der Waals surface area contributed by atoms with Crippen molar-refractivity contribution in [1.82, 2.24) is 5.01 Å². The summed E-state index contributed by atoms with van der Waals surface area (Å²) in [4.78, 5) is 11.0. The number of hydrazine groups is 1. The molecular weight excluding hydrogens is 386 g/mol. The van der Waals surface area contributed by atoms with E-state index in [1.54, 1.807) is 0 Å². The Kier molecular flexibility index (Phi) is 15.5. The van der Waals surface area contributed by atoms with Gasteiger partial charge in [-0.25, -0.2) is 5.84 Å². The molecule has 1 amide bonds. The molecule has 12 heteroatoms. The Labute approximate surface area is 171 Å². The number of aliphatic hydroxyl groups is 4. The van der Waals surface area contributed by atoms with E-state index in [9.17, 15) is 4.79 Å². The summed E-state index contributed by atoms with van der Waals surface area (Å²) in [7, 11) is 0. The number of rotatable bonds is 18. The monoisotopic (exact) mass is 423 g/mol. The Hall–Kier alpha value is -1.51. The molecule has 172 valence electrons. The van der Waals surface area contributed by atoms with Crippen LogP contribution in [0.15, 0.2) is 11.9 Å². The number of nitrogens with two attached hydrogens (primary N) is 4. The van der Waals surface area contributed by atoms with E-state index in [1.165, 1.54) is 11.2 Å². The number of hydrogen-bond acceptors (Lipinski definition) is 11. The van der Waals surface area contributed by atoms with Gasteiger partial charge in [-0.05, 0) is 12.8 Å². The highest BCUT2D eigenvalue weighted by atomic mass is 16.5. The van der Waals surface area contributed by atoms with Gasteiger partial charge in [-0.3, -0.25) is 4.79 Å². The predicted octanol–water partition coefficient (Wildman–Crippen LogP) is -3.84. The molecular formula is C17H37N5O7. The second-order valence-electron chi connectivity index (χ2n) is 6.89. The Morgan fingerprint density at radius 2 is 1.34 bits per heavy atom. The Balaban J connectivity index is 4.80. The SMILES string of the molecule is NC(=O)C(N)CC/C(N)=C/N(N)C(COCC(CO)CO)COCC(CO)CO. The van der Waals surface area contributed by atoms with Gasteiger partial charge < -0.3 is 52.1 Å². The van der Waals surface area contributed by atoms with Crippen molar-refractivity contribution in [3.8, 4) is 0 Å². The topological polar surface area (TPSA) is 224 Å². The highest BCUT2D eigenvalue weighted by molar-refractivity contribution is 5.79. The molecule has 0 aromatic carbocycles. The summed E-state index contributed by atoms with van der Waals surface area (Å²) < 4.78 is 11.0. The van der Waals surface area contributed by atoms with E-state index in [-0.39, 0.29) is 59.3 Å². The van der Waals surface area contributed by atoms with E-state index in [0.29, 0.717) is 12.1 Å². The fraction of sp³-hybridized carbons (Fsp3) is 0.824. The number of ether oxygens (including phenoxy) is 2. The quantitative estimate of drug-likeness (QED) is 0.0786. The summed E-state index contributed by atoms with van der Waals surface area (Å²) in [6, 6.07) is -1.28. The summed E-state index contributed by atoms with van der Waals surface area (Å²) in [5, 5.41) is 37.7. The molecule has 0 fully saturated rings. The van der Waals surface area contributed by atoms with Gasteiger partial charge >= 0.3 is 0 Å². The molecule has 0 aliphatic carbocycles. The van der Waals surface area contributed by atoms with Gasteiger partial charge in [-0.15, -0.1) is 0 Å². The fourth-order valence-corrected chi connectivity index (χ4v) is 2.11. The van der Waals surface area contributed by atoms with Gasteiger partial charge in [0.2, 0.25) is 5.91 Å². The van der Waals surface area contributed by atoms with Crippen molar-refractivity contribution in [2.24, 2.45) is 34.9 Å². The molecule has 0 saturated heterocycles. The highest BCUT2D eigenvalue weighted by Crippen LogP contribution is 2.07. The van der Waals surface area contributed by atoms with Crippen LogP contribution in [0.3, 0.4) is 0 Å². The molecule has 1 unspecified atom stereocenters. The summed E-state index contributed by atoms with van der Waals surface area (Å²) in [6.07, 6.45) is 2.04. The lowest BCUT2D eigenvalue weighted by Crippen LogP contribution is -2.44. The molecule has 0 aliphatic rings. The minimum absolute atomic E-state index is 0.112. The smallest absolute Gasteiger partial charge is 0.234 e. The van der Waals surface area contributed by atoms with E-state index < -0.39 is 29.8 Å². The second-order valence-corrected chi connectivity index (χ2v) is 6.89. The average molecular weight is 424 g/mol. The molecule has 1 atom stereocenters. The molecule has 0 rings (SSSR count). The maximum Gasteiger partial charge on any atom is 0.234 e. The Bertz CT molecular complexity index is 443. The molecule has 0 heterocycles. The summed E-state index contributed by atoms with van der Waals surface area (Å²) in [6.45, 7) is -0.393. The lowest BCUT2D eigenvalue weighted by Gasteiger charge is -2.28. The van der Waals surface area contributed by atoms with Crippen molar-refractivity contribution in [2.75, 3.05) is 52.9 Å². The van der Waals surface area contributed by atoms with Crippen molar-refractivity contribution in [2.45, 2.75) is 24.9 Å². The van der Waals surface area contributed by atoms with Gasteiger partial charge in [-0.1, -0.05) is 0 Å². The zero-order valence-corrected chi connectivity index (χ0v) is 16.7. The van der Waals surface area contributed by atoms with Crippen LogP contribution in [0, 0.1) is 11.8 Å². The van der Waals surface area contributed by atoms with Crippen molar-refractivity contribution in [3.05, 3.63) is 11.9 Å². The van der Waals surface area contributed by atoms with Crippen LogP contribution in [0.2, 0.25) is 0 Å². The van der Waals surface area contributed by atoms with Crippen LogP contribution in [0.5, 0.6) is 0 Å². The lowest BCUT2D eigenvalue weighted by atomic mass is 10.1. The third kappa shape index (κ3) is 12.6. The Morgan fingerprint density at radius 3 is 1.72 bits per heavy atom. The molecule has 0 radical (unpaired) electrons. The van der Waals surface area contributed by atoms with Crippen molar-refractivity contribution < 1.29 is 34.7 Å². The second kappa shape index (κ2) is 16.3. The number of allylic oxidation sites excluding steroid dienone is 1. The molecule has 0 saturated carbocycles. The number of carbonyl (C=O) groups is 1. The van der Waals surface area contributed by atoms with Gasteiger partial charge in [0.15, 0.2) is 0 Å². The van der Waals surface area contributed by atoms with E-state index >= 15 is 0 Å². The largest absolute Gasteiger partial charge is 0.401 e. The minimum atomic E-state index is -0.807. The summed E-state index contributed by atoms with van der Waals surface area (Å²) >= 11 is 0. The van der Waals surface area contributed by atoms with E-state index in [4.69, 9.17) is 52.9 Å². The van der Waals surface area contributed by atoms with Crippen LogP contribution < -0.4 is 23.0 Å². The first-order chi connectivity index (χ1) is 13.8. The molecule has 29 heavy (non-hydrogen) atoms. The normalized spacial score (nSPS) is 13.5. The van der Waals surface area contributed by atoms with Crippen LogP contribution in [0.25, 0.3) is 0 Å². The van der Waals surface area contributed by atoms with E-state index in [2.05, 4.69) is 0 Å². The van der Waals surface area contributed by atoms with Gasteiger partial charge in [0.1, 0.15) is 0 Å². The number of nitrogens with zero attached hydrogens (tertiary/aromatic N) is 1. The molecule has 12 nitrogen and oxygen atoms in total. The Morgan fingerprint density at radius 1 is 0.897 bits per heavy atom. The molecule has 0 aromatic heterocycles. The summed E-state index contributed by atoms with van der Waals surface area (Å²) in [5.41, 5.74) is 17.0. The zero-order chi connectivity index (χ0) is 22.2. The molecule has 0 bridgehead atoms. The van der Waals surface area contributed by atoms with Crippen molar-refractivity contribution in [3.63, 3.8) is 0 Å². The fourth-order valence-electron chi connectivity index (χ4n) is 2.11. The lowest BCUT2D eigenvalue weighted by molar-refractivity contribution is -0.119. The van der Waals surface area contributed by atoms with Crippen molar-refractivity contribution in [1.29, 1.82) is 0 Å². The van der Waals surface area contributed by atoms with Gasteiger partial charge in [0, 0.05) is 23.7 Å². The van der Waals surface area contributed by atoms with Gasteiger partial charge in [-0.2, -0.15) is 0 Å². The van der Waals surface area contributed by atoms with Crippen molar-refractivity contribution >= 4 is 5.91 Å². The highest BCUT2D eigenvalue weighted by Gasteiger charge is 2.18. The molecule has 0 aromatic rings. The van der Waals surface area contributed by atoms with E-state index in [1.807, 2.05) is 0 Å². The first-order valence-corrected chi connectivity index (χ1v) is 9.41. The number of aliphatic hydroxyl groups excluding tert-OH is 4. The van der Waals surface area contributed by atoms with Crippen LogP contribution in [0.4, 0.5) is 0 Å². The third-order valence-electron chi connectivity index (χ3n) is 4.21. The van der Waals surface area contributed by atoms with E-state index in [0.717, 1.165) is 0 Å².